The second-order valence-corrected chi connectivity index (χ2v) is 14.5. The summed E-state index contributed by atoms with van der Waals surface area (Å²) >= 11 is 0. The van der Waals surface area contributed by atoms with Crippen molar-refractivity contribution in [1.29, 1.82) is 0 Å². The van der Waals surface area contributed by atoms with Crippen LogP contribution in [0.2, 0.25) is 0 Å². The molecule has 1 aliphatic rings. The van der Waals surface area contributed by atoms with Crippen LogP contribution in [0.5, 0.6) is 0 Å². The molecule has 7 aromatic rings. The summed E-state index contributed by atoms with van der Waals surface area (Å²) in [4.78, 5) is 2.50. The van der Waals surface area contributed by atoms with Crippen molar-refractivity contribution in [3.63, 3.8) is 0 Å². The summed E-state index contributed by atoms with van der Waals surface area (Å²) in [7, 11) is 2.19. The molecule has 0 amide bonds. The summed E-state index contributed by atoms with van der Waals surface area (Å²) < 4.78 is 2.33. The molecule has 1 heterocycles. The number of rotatable bonds is 3. The molecular formula is C43H40N2. The van der Waals surface area contributed by atoms with Crippen molar-refractivity contribution in [3.05, 3.63) is 138 Å². The lowest BCUT2D eigenvalue weighted by atomic mass is 9.81. The topological polar surface area (TPSA) is 8.17 Å². The third-order valence-corrected chi connectivity index (χ3v) is 10.2. The Morgan fingerprint density at radius 3 is 2.07 bits per heavy atom. The Hall–Kier alpha value is -4.82. The van der Waals surface area contributed by atoms with Gasteiger partial charge in [-0.05, 0) is 81.9 Å². The maximum atomic E-state index is 2.50. The lowest BCUT2D eigenvalue weighted by Gasteiger charge is -2.31. The van der Waals surface area contributed by atoms with E-state index in [1.54, 1.807) is 0 Å². The van der Waals surface area contributed by atoms with Gasteiger partial charge in [0.15, 0.2) is 0 Å². The molecule has 0 aliphatic heterocycles. The molecular weight excluding hydrogens is 544 g/mol. The lowest BCUT2D eigenvalue weighted by molar-refractivity contribution is 0.590. The van der Waals surface area contributed by atoms with E-state index in [1.165, 1.54) is 77.3 Å². The first-order chi connectivity index (χ1) is 21.5. The van der Waals surface area contributed by atoms with Crippen molar-refractivity contribution in [1.82, 2.24) is 4.57 Å². The van der Waals surface area contributed by atoms with Gasteiger partial charge in [0.05, 0.1) is 11.2 Å². The molecule has 0 saturated heterocycles. The molecule has 0 fully saturated rings. The molecule has 1 aromatic heterocycles. The molecule has 0 N–H and O–H groups in total. The monoisotopic (exact) mass is 584 g/mol. The predicted octanol–water partition coefficient (Wildman–Crippen LogP) is 11.9. The fourth-order valence-electron chi connectivity index (χ4n) is 7.69. The number of benzene rings is 6. The number of para-hydroxylation sites is 1. The van der Waals surface area contributed by atoms with E-state index >= 15 is 0 Å². The highest BCUT2D eigenvalue weighted by molar-refractivity contribution is 6.12. The van der Waals surface area contributed by atoms with Gasteiger partial charge in [0.1, 0.15) is 0 Å². The van der Waals surface area contributed by atoms with Gasteiger partial charge in [-0.3, -0.25) is 0 Å². The number of hydrogen-bond acceptors (Lipinski definition) is 1. The number of aromatic nitrogens is 1. The number of fused-ring (bicyclic) bond motifs is 8. The third-order valence-electron chi connectivity index (χ3n) is 10.2. The average molecular weight is 585 g/mol. The summed E-state index contributed by atoms with van der Waals surface area (Å²) in [5.74, 6) is 0. The maximum Gasteiger partial charge on any atom is 0.0543 e. The van der Waals surface area contributed by atoms with E-state index in [1.807, 2.05) is 0 Å². The summed E-state index contributed by atoms with van der Waals surface area (Å²) in [6.07, 6.45) is 0. The third kappa shape index (κ3) is 4.08. The van der Waals surface area contributed by atoms with Crippen LogP contribution in [0.1, 0.15) is 56.9 Å². The standard InChI is InChI=1S/C43H40N2/c1-27-19-21-35-36(23-27)43(5,6)37-26-40(32-16-8-9-17-34(32)41(35)37)45(29-14-12-13-28(24-29)42(2,3)4)30-20-22-33-31-15-10-11-18-38(31)44(7)39(33)25-30/h8-26H,1-7H3. The Labute approximate surface area is 266 Å². The number of nitrogens with zero attached hydrogens (tertiary/aromatic N) is 2. The molecule has 0 radical (unpaired) electrons. The average Bonchev–Trinajstić information content (AvgIpc) is 3.44. The lowest BCUT2D eigenvalue weighted by Crippen LogP contribution is -2.18. The molecule has 0 unspecified atom stereocenters. The highest BCUT2D eigenvalue weighted by Gasteiger charge is 2.38. The van der Waals surface area contributed by atoms with Gasteiger partial charge >= 0.3 is 0 Å². The molecule has 2 nitrogen and oxygen atoms in total. The Bertz CT molecular complexity index is 2310. The second kappa shape index (κ2) is 9.59. The van der Waals surface area contributed by atoms with Gasteiger partial charge in [0, 0.05) is 45.5 Å². The highest BCUT2D eigenvalue weighted by Crippen LogP contribution is 2.55. The van der Waals surface area contributed by atoms with Crippen molar-refractivity contribution < 1.29 is 0 Å². The van der Waals surface area contributed by atoms with Gasteiger partial charge in [-0.15, -0.1) is 0 Å². The van der Waals surface area contributed by atoms with Gasteiger partial charge in [-0.1, -0.05) is 119 Å². The molecule has 0 spiro atoms. The van der Waals surface area contributed by atoms with Crippen LogP contribution in [-0.2, 0) is 17.9 Å². The molecule has 0 saturated carbocycles. The summed E-state index contributed by atoms with van der Waals surface area (Å²) in [5, 5.41) is 5.15. The SMILES string of the molecule is Cc1ccc2c(c1)C(C)(C)c1cc(N(c3cccc(C(C)(C)C)c3)c3ccc4c5ccccc5n(C)c4c3)c3ccccc3c1-2. The first kappa shape index (κ1) is 27.7. The Morgan fingerprint density at radius 1 is 0.600 bits per heavy atom. The van der Waals surface area contributed by atoms with Gasteiger partial charge in [-0.2, -0.15) is 0 Å². The largest absolute Gasteiger partial charge is 0.344 e. The van der Waals surface area contributed by atoms with Gasteiger partial charge in [0.25, 0.3) is 0 Å². The number of hydrogen-bond donors (Lipinski definition) is 0. The molecule has 0 bridgehead atoms. The van der Waals surface area contributed by atoms with Crippen molar-refractivity contribution >= 4 is 49.6 Å². The van der Waals surface area contributed by atoms with Crippen LogP contribution in [0.4, 0.5) is 17.1 Å². The van der Waals surface area contributed by atoms with Crippen LogP contribution in [0.15, 0.2) is 115 Å². The van der Waals surface area contributed by atoms with Crippen LogP contribution in [0, 0.1) is 6.92 Å². The van der Waals surface area contributed by atoms with Gasteiger partial charge < -0.3 is 9.47 Å². The number of anilines is 3. The number of aryl methyl sites for hydroxylation is 2. The quantitative estimate of drug-likeness (QED) is 0.201. The summed E-state index contributed by atoms with van der Waals surface area (Å²) in [5.41, 5.74) is 14.1. The van der Waals surface area contributed by atoms with E-state index in [4.69, 9.17) is 0 Å². The summed E-state index contributed by atoms with van der Waals surface area (Å²) in [6.45, 7) is 13.9. The molecule has 45 heavy (non-hydrogen) atoms. The predicted molar refractivity (Wildman–Crippen MR) is 194 cm³/mol. The first-order valence-corrected chi connectivity index (χ1v) is 16.1. The van der Waals surface area contributed by atoms with Crippen LogP contribution in [0.25, 0.3) is 43.7 Å². The molecule has 2 heteroatoms. The normalized spacial score (nSPS) is 13.8. The van der Waals surface area contributed by atoms with Crippen LogP contribution < -0.4 is 4.90 Å². The highest BCUT2D eigenvalue weighted by atomic mass is 15.1. The van der Waals surface area contributed by atoms with E-state index in [0.717, 1.165) is 5.69 Å². The smallest absolute Gasteiger partial charge is 0.0543 e. The Kier molecular flexibility index (Phi) is 5.90. The minimum Gasteiger partial charge on any atom is -0.344 e. The van der Waals surface area contributed by atoms with Gasteiger partial charge in [0.2, 0.25) is 0 Å². The van der Waals surface area contributed by atoms with Crippen molar-refractivity contribution in [3.8, 4) is 11.1 Å². The molecule has 6 aromatic carbocycles. The molecule has 222 valence electrons. The van der Waals surface area contributed by atoms with Crippen molar-refractivity contribution in [2.24, 2.45) is 7.05 Å². The minimum absolute atomic E-state index is 0.0307. The fourth-order valence-corrected chi connectivity index (χ4v) is 7.69. The molecule has 8 rings (SSSR count). The Balaban J connectivity index is 1.46. The van der Waals surface area contributed by atoms with Crippen LogP contribution in [-0.4, -0.2) is 4.57 Å². The van der Waals surface area contributed by atoms with E-state index in [2.05, 4.69) is 173 Å². The van der Waals surface area contributed by atoms with Gasteiger partial charge in [-0.25, -0.2) is 0 Å². The molecule has 1 aliphatic carbocycles. The van der Waals surface area contributed by atoms with Crippen molar-refractivity contribution in [2.75, 3.05) is 4.90 Å². The fraction of sp³-hybridized carbons (Fsp3) is 0.209. The maximum absolute atomic E-state index is 2.50. The Morgan fingerprint density at radius 2 is 1.29 bits per heavy atom. The van der Waals surface area contributed by atoms with E-state index in [-0.39, 0.29) is 10.8 Å². The zero-order chi connectivity index (χ0) is 31.2. The van der Waals surface area contributed by atoms with E-state index < -0.39 is 0 Å². The van der Waals surface area contributed by atoms with E-state index in [9.17, 15) is 0 Å². The minimum atomic E-state index is -0.117. The molecule has 0 atom stereocenters. The zero-order valence-electron chi connectivity index (χ0n) is 27.4. The van der Waals surface area contributed by atoms with E-state index in [0.29, 0.717) is 0 Å². The van der Waals surface area contributed by atoms with Crippen molar-refractivity contribution in [2.45, 2.75) is 52.4 Å². The van der Waals surface area contributed by atoms with Crippen LogP contribution in [0.3, 0.4) is 0 Å². The second-order valence-electron chi connectivity index (χ2n) is 14.5. The summed E-state index contributed by atoms with van der Waals surface area (Å²) in [6, 6.07) is 43.3. The van der Waals surface area contributed by atoms with Crippen LogP contribution >= 0.6 is 0 Å². The zero-order valence-corrected chi connectivity index (χ0v) is 27.4. The first-order valence-electron chi connectivity index (χ1n) is 16.1.